The number of sulfonamides is 1. The summed E-state index contributed by atoms with van der Waals surface area (Å²) >= 11 is 0. The van der Waals surface area contributed by atoms with Crippen LogP contribution >= 0.6 is 0 Å². The number of nitrogens with one attached hydrogen (secondary N) is 2. The zero-order chi connectivity index (χ0) is 24.8. The molecule has 1 fully saturated rings. The van der Waals surface area contributed by atoms with Crippen LogP contribution in [0.15, 0.2) is 41.6 Å². The van der Waals surface area contributed by atoms with Crippen LogP contribution in [0.25, 0.3) is 5.82 Å². The third-order valence-electron chi connectivity index (χ3n) is 6.52. The molecule has 3 aromatic rings. The van der Waals surface area contributed by atoms with E-state index < -0.39 is 15.9 Å². The van der Waals surface area contributed by atoms with Gasteiger partial charge in [-0.2, -0.15) is 13.5 Å². The molecule has 4 bridgehead atoms. The van der Waals surface area contributed by atoms with Gasteiger partial charge < -0.3 is 10.2 Å². The van der Waals surface area contributed by atoms with Crippen molar-refractivity contribution in [1.82, 2.24) is 24.5 Å². The largest absolute Gasteiger partial charge is 0.370 e. The van der Waals surface area contributed by atoms with Crippen molar-refractivity contribution in [2.24, 2.45) is 5.92 Å². The molecule has 0 aliphatic carbocycles. The number of aromatic nitrogens is 4. The monoisotopic (exact) mass is 583 g/mol. The minimum absolute atomic E-state index is 0. The standard InChI is InChI=1S/C24H28N7O3S.Y/c1-16-11-13-31(28-16)20-10-9-18-22(27-20)30-15-17(14-24(30,2)3)6-5-12-25-19-7-4-8-21(26-19)35(33,34)29-23(18)32;/h4,7-9,11,13,17H,5-6,12,14-15H2,1-3H3,(H,25,26)(H,29,32);/q-1;/t17-;/m0./s1. The SMILES string of the molecule is Cc1ccn(-c2[c-]cc3c(n2)N2C[C@@H](CCCNc4cccc(n4)S(=O)(=O)NC3=O)CC2(C)C)n1.[Y]. The first-order valence-corrected chi connectivity index (χ1v) is 13.1. The van der Waals surface area contributed by atoms with E-state index in [4.69, 9.17) is 4.98 Å². The average Bonchev–Trinajstić information content (AvgIpc) is 3.37. The van der Waals surface area contributed by atoms with E-state index in [0.29, 0.717) is 36.5 Å². The molecule has 1 atom stereocenters. The van der Waals surface area contributed by atoms with Gasteiger partial charge in [-0.15, -0.1) is 0 Å². The Morgan fingerprint density at radius 1 is 1.19 bits per heavy atom. The van der Waals surface area contributed by atoms with E-state index in [0.717, 1.165) is 25.0 Å². The van der Waals surface area contributed by atoms with Gasteiger partial charge in [-0.25, -0.2) is 21.8 Å². The Hall–Kier alpha value is -2.37. The second-order valence-electron chi connectivity index (χ2n) is 9.72. The van der Waals surface area contributed by atoms with Crippen LogP contribution in [0.3, 0.4) is 0 Å². The maximum absolute atomic E-state index is 13.3. The van der Waals surface area contributed by atoms with Gasteiger partial charge in [-0.05, 0) is 64.2 Å². The fourth-order valence-corrected chi connectivity index (χ4v) is 5.80. The number of pyridine rings is 2. The number of carbonyl (C=O) groups excluding carboxylic acids is 1. The minimum Gasteiger partial charge on any atom is -0.370 e. The van der Waals surface area contributed by atoms with Crippen LogP contribution < -0.4 is 14.9 Å². The molecular weight excluding hydrogens is 555 g/mol. The smallest absolute Gasteiger partial charge is 0.280 e. The van der Waals surface area contributed by atoms with E-state index in [-0.39, 0.29) is 48.8 Å². The molecule has 5 rings (SSSR count). The Labute approximate surface area is 236 Å². The maximum Gasteiger partial charge on any atom is 0.280 e. The molecule has 36 heavy (non-hydrogen) atoms. The van der Waals surface area contributed by atoms with Crippen molar-refractivity contribution >= 4 is 27.6 Å². The molecular formula is C24H28N7O3SY-. The van der Waals surface area contributed by atoms with E-state index in [1.54, 1.807) is 23.0 Å². The summed E-state index contributed by atoms with van der Waals surface area (Å²) in [5.41, 5.74) is 0.685. The number of amides is 1. The summed E-state index contributed by atoms with van der Waals surface area (Å²) in [5.74, 6) is 0.932. The molecule has 0 aromatic carbocycles. The Morgan fingerprint density at radius 3 is 2.75 bits per heavy atom. The molecule has 0 saturated carbocycles. The summed E-state index contributed by atoms with van der Waals surface area (Å²) in [4.78, 5) is 24.4. The second kappa shape index (κ2) is 10.2. The molecule has 187 valence electrons. The third kappa shape index (κ3) is 5.33. The fraction of sp³-hybridized carbons (Fsp3) is 0.417. The molecule has 2 aliphatic heterocycles. The van der Waals surface area contributed by atoms with Crippen molar-refractivity contribution in [2.75, 3.05) is 23.3 Å². The zero-order valence-corrected chi connectivity index (χ0v) is 24.2. The molecule has 12 heteroatoms. The quantitative estimate of drug-likeness (QED) is 0.420. The Bertz CT molecular complexity index is 1390. The molecule has 10 nitrogen and oxygen atoms in total. The topological polar surface area (TPSA) is 122 Å². The van der Waals surface area contributed by atoms with E-state index in [1.807, 2.05) is 13.0 Å². The van der Waals surface area contributed by atoms with Crippen molar-refractivity contribution < 1.29 is 45.9 Å². The van der Waals surface area contributed by atoms with Gasteiger partial charge in [0.2, 0.25) is 0 Å². The number of hydrogen-bond acceptors (Lipinski definition) is 8. The van der Waals surface area contributed by atoms with Gasteiger partial charge in [-0.3, -0.25) is 14.5 Å². The molecule has 1 radical (unpaired) electrons. The third-order valence-corrected chi connectivity index (χ3v) is 7.75. The van der Waals surface area contributed by atoms with Gasteiger partial charge in [0.1, 0.15) is 5.82 Å². The summed E-state index contributed by atoms with van der Waals surface area (Å²) in [5, 5.41) is 7.38. The second-order valence-corrected chi connectivity index (χ2v) is 11.4. The summed E-state index contributed by atoms with van der Waals surface area (Å²) < 4.78 is 29.8. The molecule has 0 unspecified atom stereocenters. The van der Waals surface area contributed by atoms with Crippen LogP contribution in [0.2, 0.25) is 0 Å². The van der Waals surface area contributed by atoms with Crippen LogP contribution in [0.4, 0.5) is 11.6 Å². The summed E-state index contributed by atoms with van der Waals surface area (Å²) in [7, 11) is -4.20. The number of anilines is 2. The van der Waals surface area contributed by atoms with Gasteiger partial charge in [0, 0.05) is 57.5 Å². The number of hydrogen-bond donors (Lipinski definition) is 2. The average molecular weight is 584 g/mol. The van der Waals surface area contributed by atoms with Gasteiger partial charge in [0.05, 0.1) is 17.3 Å². The molecule has 3 aromatic heterocycles. The first kappa shape index (κ1) is 26.7. The van der Waals surface area contributed by atoms with Crippen molar-refractivity contribution in [3.8, 4) is 5.82 Å². The molecule has 2 N–H and O–H groups in total. The summed E-state index contributed by atoms with van der Waals surface area (Å²) in [6.45, 7) is 7.51. The molecule has 2 aliphatic rings. The Morgan fingerprint density at radius 2 is 2.00 bits per heavy atom. The Kier molecular flexibility index (Phi) is 7.55. The van der Waals surface area contributed by atoms with Crippen LogP contribution in [-0.2, 0) is 42.7 Å². The van der Waals surface area contributed by atoms with Crippen molar-refractivity contribution in [3.05, 3.63) is 53.9 Å². The number of fused-ring (bicyclic) bond motifs is 6. The van der Waals surface area contributed by atoms with Crippen molar-refractivity contribution in [2.45, 2.75) is 50.6 Å². The molecule has 1 amide bonds. The number of carbonyl (C=O) groups is 1. The summed E-state index contributed by atoms with van der Waals surface area (Å²) in [6.07, 6.45) is 4.60. The van der Waals surface area contributed by atoms with Crippen LogP contribution in [0, 0.1) is 18.9 Å². The molecule has 1 saturated heterocycles. The first-order chi connectivity index (χ1) is 16.6. The van der Waals surface area contributed by atoms with Gasteiger partial charge >= 0.3 is 0 Å². The van der Waals surface area contributed by atoms with Crippen molar-refractivity contribution in [1.29, 1.82) is 0 Å². The maximum atomic E-state index is 13.3. The minimum atomic E-state index is -4.20. The van der Waals surface area contributed by atoms with Crippen LogP contribution in [0.1, 0.15) is 49.2 Å². The van der Waals surface area contributed by atoms with E-state index in [1.165, 1.54) is 12.1 Å². The predicted octanol–water partition coefficient (Wildman–Crippen LogP) is 2.70. The number of nitrogens with zero attached hydrogens (tertiary/aromatic N) is 5. The normalized spacial score (nSPS) is 20.7. The number of aryl methyl sites for hydroxylation is 1. The van der Waals surface area contributed by atoms with E-state index >= 15 is 0 Å². The van der Waals surface area contributed by atoms with Crippen LogP contribution in [-0.4, -0.2) is 52.7 Å². The fourth-order valence-electron chi connectivity index (χ4n) is 4.87. The zero-order valence-electron chi connectivity index (χ0n) is 20.5. The Balaban J connectivity index is 0.00000304. The van der Waals surface area contributed by atoms with Crippen molar-refractivity contribution in [3.63, 3.8) is 0 Å². The molecule has 5 heterocycles. The van der Waals surface area contributed by atoms with Crippen LogP contribution in [0.5, 0.6) is 0 Å². The number of rotatable bonds is 1. The van der Waals surface area contributed by atoms with Gasteiger partial charge in [0.15, 0.2) is 10.9 Å². The van der Waals surface area contributed by atoms with E-state index in [9.17, 15) is 13.2 Å². The van der Waals surface area contributed by atoms with Gasteiger partial charge in [-0.1, -0.05) is 11.6 Å². The van der Waals surface area contributed by atoms with E-state index in [2.05, 4.69) is 44.9 Å². The molecule has 0 spiro atoms. The predicted molar refractivity (Wildman–Crippen MR) is 131 cm³/mol. The first-order valence-electron chi connectivity index (χ1n) is 11.6. The van der Waals surface area contributed by atoms with Gasteiger partial charge in [0.25, 0.3) is 10.0 Å². The summed E-state index contributed by atoms with van der Waals surface area (Å²) in [6, 6.07) is 11.0.